The van der Waals surface area contributed by atoms with Crippen molar-refractivity contribution in [1.82, 2.24) is 4.98 Å². The Morgan fingerprint density at radius 1 is 1.60 bits per heavy atom. The van der Waals surface area contributed by atoms with Gasteiger partial charge in [-0.15, -0.1) is 0 Å². The van der Waals surface area contributed by atoms with Gasteiger partial charge in [-0.2, -0.15) is 0 Å². The number of anilines is 1. The van der Waals surface area contributed by atoms with E-state index in [1.54, 1.807) is 4.90 Å². The van der Waals surface area contributed by atoms with E-state index >= 15 is 0 Å². The Kier molecular flexibility index (Phi) is 4.05. The van der Waals surface area contributed by atoms with Gasteiger partial charge >= 0.3 is 5.97 Å². The predicted octanol–water partition coefficient (Wildman–Crippen LogP) is 0.598. The van der Waals surface area contributed by atoms with Gasteiger partial charge in [-0.25, -0.2) is 4.79 Å². The normalized spacial score (nSPS) is 10.0. The Morgan fingerprint density at radius 2 is 2.33 bits per heavy atom. The highest BCUT2D eigenvalue weighted by molar-refractivity contribution is 5.94. The molecule has 0 atom stereocenters. The molecule has 0 radical (unpaired) electrons. The van der Waals surface area contributed by atoms with E-state index in [1.807, 2.05) is 6.92 Å². The smallest absolute Gasteiger partial charge is 0.337 e. The first-order valence-electron chi connectivity index (χ1n) is 4.73. The molecule has 2 N–H and O–H groups in total. The maximum absolute atomic E-state index is 10.9. The molecule has 0 unspecified atom stereocenters. The molecule has 0 amide bonds. The van der Waals surface area contributed by atoms with Crippen molar-refractivity contribution in [3.05, 3.63) is 24.0 Å². The lowest BCUT2D eigenvalue weighted by Gasteiger charge is -2.22. The molecule has 1 aromatic rings. The Morgan fingerprint density at radius 3 is 2.87 bits per heavy atom. The average molecular weight is 210 g/mol. The highest BCUT2D eigenvalue weighted by Gasteiger charge is 2.14. The number of aliphatic hydroxyl groups excluding tert-OH is 1. The molecule has 0 fully saturated rings. The lowest BCUT2D eigenvalue weighted by Crippen LogP contribution is -2.28. The van der Waals surface area contributed by atoms with Gasteiger partial charge in [-0.3, -0.25) is 4.98 Å². The number of hydrogen-bond donors (Lipinski definition) is 2. The van der Waals surface area contributed by atoms with Crippen LogP contribution >= 0.6 is 0 Å². The summed E-state index contributed by atoms with van der Waals surface area (Å²) in [5.41, 5.74) is 0.752. The van der Waals surface area contributed by atoms with Crippen LogP contribution in [0.1, 0.15) is 17.3 Å². The predicted molar refractivity (Wildman–Crippen MR) is 56.2 cm³/mol. The summed E-state index contributed by atoms with van der Waals surface area (Å²) < 4.78 is 0. The topological polar surface area (TPSA) is 73.7 Å². The maximum Gasteiger partial charge on any atom is 0.337 e. The van der Waals surface area contributed by atoms with Crippen LogP contribution in [0.4, 0.5) is 5.69 Å². The highest BCUT2D eigenvalue weighted by Crippen LogP contribution is 2.18. The molecule has 0 saturated carbocycles. The van der Waals surface area contributed by atoms with Crippen molar-refractivity contribution < 1.29 is 15.0 Å². The zero-order chi connectivity index (χ0) is 11.3. The largest absolute Gasteiger partial charge is 0.478 e. The van der Waals surface area contributed by atoms with Gasteiger partial charge in [0.2, 0.25) is 0 Å². The van der Waals surface area contributed by atoms with E-state index in [2.05, 4.69) is 4.98 Å². The van der Waals surface area contributed by atoms with Crippen LogP contribution in [0, 0.1) is 0 Å². The molecular weight excluding hydrogens is 196 g/mol. The number of carboxylic acids is 1. The fourth-order valence-electron chi connectivity index (χ4n) is 1.39. The fraction of sp³-hybridized carbons (Fsp3) is 0.400. The van der Waals surface area contributed by atoms with Crippen LogP contribution in [-0.2, 0) is 0 Å². The molecule has 1 rings (SSSR count). The number of aromatic nitrogens is 1. The molecule has 0 aliphatic heterocycles. The summed E-state index contributed by atoms with van der Waals surface area (Å²) in [5.74, 6) is -0.983. The Labute approximate surface area is 88.0 Å². The summed E-state index contributed by atoms with van der Waals surface area (Å²) in [6.07, 6.45) is 2.95. The maximum atomic E-state index is 10.9. The zero-order valence-electron chi connectivity index (χ0n) is 8.55. The van der Waals surface area contributed by atoms with E-state index < -0.39 is 5.97 Å². The second kappa shape index (κ2) is 5.31. The number of carbonyl (C=O) groups is 1. The second-order valence-corrected chi connectivity index (χ2v) is 3.00. The standard InChI is InChI=1S/C10H14N2O3/c1-2-12(5-6-13)9-7-11-4-3-8(9)10(14)15/h3-4,7,13H,2,5-6H2,1H3,(H,14,15). The number of aromatic carboxylic acids is 1. The van der Waals surface area contributed by atoms with Crippen LogP contribution in [0.5, 0.6) is 0 Å². The minimum Gasteiger partial charge on any atom is -0.478 e. The van der Waals surface area contributed by atoms with Crippen LogP contribution in [0.2, 0.25) is 0 Å². The minimum absolute atomic E-state index is 0.0121. The molecule has 1 heterocycles. The lowest BCUT2D eigenvalue weighted by molar-refractivity contribution is 0.0697. The fourth-order valence-corrected chi connectivity index (χ4v) is 1.39. The Hall–Kier alpha value is -1.62. The lowest BCUT2D eigenvalue weighted by atomic mass is 10.2. The monoisotopic (exact) mass is 210 g/mol. The quantitative estimate of drug-likeness (QED) is 0.744. The molecule has 1 aromatic heterocycles. The van der Waals surface area contributed by atoms with Crippen molar-refractivity contribution in [1.29, 1.82) is 0 Å². The van der Waals surface area contributed by atoms with E-state index in [0.29, 0.717) is 18.8 Å². The van der Waals surface area contributed by atoms with E-state index in [0.717, 1.165) is 0 Å². The van der Waals surface area contributed by atoms with Crippen molar-refractivity contribution in [2.45, 2.75) is 6.92 Å². The molecule has 0 spiro atoms. The van der Waals surface area contributed by atoms with E-state index in [4.69, 9.17) is 10.2 Å². The van der Waals surface area contributed by atoms with Gasteiger partial charge < -0.3 is 15.1 Å². The summed E-state index contributed by atoms with van der Waals surface area (Å²) in [7, 11) is 0. The molecule has 15 heavy (non-hydrogen) atoms. The summed E-state index contributed by atoms with van der Waals surface area (Å²) in [6.45, 7) is 2.92. The number of nitrogens with zero attached hydrogens (tertiary/aromatic N) is 2. The van der Waals surface area contributed by atoms with Gasteiger partial charge in [-0.05, 0) is 13.0 Å². The van der Waals surface area contributed by atoms with Crippen LogP contribution in [0.15, 0.2) is 18.5 Å². The van der Waals surface area contributed by atoms with E-state index in [-0.39, 0.29) is 12.2 Å². The molecule has 0 aromatic carbocycles. The van der Waals surface area contributed by atoms with Crippen molar-refractivity contribution in [3.63, 3.8) is 0 Å². The van der Waals surface area contributed by atoms with Crippen molar-refractivity contribution >= 4 is 11.7 Å². The molecule has 0 saturated heterocycles. The first-order chi connectivity index (χ1) is 7.20. The second-order valence-electron chi connectivity index (χ2n) is 3.00. The summed E-state index contributed by atoms with van der Waals surface area (Å²) in [6, 6.07) is 1.46. The number of carboxylic acid groups (broad SMARTS) is 1. The number of likely N-dealkylation sites (N-methyl/N-ethyl adjacent to an activating group) is 1. The molecule has 5 heteroatoms. The van der Waals surface area contributed by atoms with Gasteiger partial charge in [0, 0.05) is 19.3 Å². The number of aliphatic hydroxyl groups is 1. The zero-order valence-corrected chi connectivity index (χ0v) is 8.55. The molecule has 82 valence electrons. The third kappa shape index (κ3) is 2.66. The SMILES string of the molecule is CCN(CCO)c1cnccc1C(=O)O. The molecular formula is C10H14N2O3. The van der Waals surface area contributed by atoms with E-state index in [9.17, 15) is 4.79 Å². The van der Waals surface area contributed by atoms with Gasteiger partial charge in [0.05, 0.1) is 24.1 Å². The van der Waals surface area contributed by atoms with Gasteiger partial charge in [0.25, 0.3) is 0 Å². The third-order valence-corrected chi connectivity index (χ3v) is 2.12. The van der Waals surface area contributed by atoms with Gasteiger partial charge in [0.1, 0.15) is 0 Å². The molecule has 0 aliphatic rings. The molecule has 0 bridgehead atoms. The molecule has 0 aliphatic carbocycles. The van der Waals surface area contributed by atoms with Crippen LogP contribution in [-0.4, -0.2) is 40.9 Å². The Bertz CT molecular complexity index is 341. The minimum atomic E-state index is -0.983. The number of pyridine rings is 1. The summed E-state index contributed by atoms with van der Waals surface area (Å²) >= 11 is 0. The highest BCUT2D eigenvalue weighted by atomic mass is 16.4. The van der Waals surface area contributed by atoms with Crippen LogP contribution in [0.25, 0.3) is 0 Å². The van der Waals surface area contributed by atoms with Gasteiger partial charge in [0.15, 0.2) is 0 Å². The molecule has 5 nitrogen and oxygen atoms in total. The van der Waals surface area contributed by atoms with Crippen LogP contribution in [0.3, 0.4) is 0 Å². The van der Waals surface area contributed by atoms with Crippen molar-refractivity contribution in [2.75, 3.05) is 24.6 Å². The number of rotatable bonds is 5. The first kappa shape index (κ1) is 11.5. The first-order valence-corrected chi connectivity index (χ1v) is 4.73. The summed E-state index contributed by atoms with van der Waals surface area (Å²) in [4.78, 5) is 16.6. The van der Waals surface area contributed by atoms with Crippen LogP contribution < -0.4 is 4.90 Å². The summed E-state index contributed by atoms with van der Waals surface area (Å²) in [5, 5.41) is 17.8. The van der Waals surface area contributed by atoms with Gasteiger partial charge in [-0.1, -0.05) is 0 Å². The van der Waals surface area contributed by atoms with Crippen molar-refractivity contribution in [3.8, 4) is 0 Å². The number of hydrogen-bond acceptors (Lipinski definition) is 4. The van der Waals surface area contributed by atoms with Crippen molar-refractivity contribution in [2.24, 2.45) is 0 Å². The average Bonchev–Trinajstić information content (AvgIpc) is 2.26. The van der Waals surface area contributed by atoms with E-state index in [1.165, 1.54) is 18.5 Å². The Balaban J connectivity index is 3.04. The third-order valence-electron chi connectivity index (χ3n) is 2.12.